The summed E-state index contributed by atoms with van der Waals surface area (Å²) in [6, 6.07) is 22.6. The zero-order valence-corrected chi connectivity index (χ0v) is 34.8. The molecule has 0 atom stereocenters. The van der Waals surface area contributed by atoms with Crippen LogP contribution < -0.4 is 5.32 Å². The van der Waals surface area contributed by atoms with Crippen molar-refractivity contribution in [2.75, 3.05) is 13.6 Å². The molecular weight excluding hydrogens is 842 g/mol. The monoisotopic (exact) mass is 878 g/mol. The molecule has 4 aromatic heterocycles. The van der Waals surface area contributed by atoms with E-state index in [4.69, 9.17) is 10.5 Å². The zero-order valence-electron chi connectivity index (χ0n) is 32.4. The van der Waals surface area contributed by atoms with E-state index < -0.39 is 37.4 Å². The Morgan fingerprint density at radius 2 is 1.20 bits per heavy atom. The number of nitrogens with one attached hydrogen (secondary N) is 1. The van der Waals surface area contributed by atoms with Crippen LogP contribution in [0.5, 0.6) is 0 Å². The number of nitriles is 2. The highest BCUT2D eigenvalue weighted by molar-refractivity contribution is 7.91. The summed E-state index contributed by atoms with van der Waals surface area (Å²) in [6.07, 6.45) is 0.950. The quantitative estimate of drug-likeness (QED) is 0.155. The van der Waals surface area contributed by atoms with Gasteiger partial charge >= 0.3 is 6.09 Å². The Bertz CT molecular complexity index is 2800. The predicted molar refractivity (Wildman–Crippen MR) is 214 cm³/mol. The molecule has 4 heterocycles. The van der Waals surface area contributed by atoms with Crippen LogP contribution in [-0.4, -0.2) is 76.1 Å². The molecule has 6 aromatic rings. The van der Waals surface area contributed by atoms with Crippen molar-refractivity contribution in [1.29, 1.82) is 10.5 Å². The largest absolute Gasteiger partial charge is 0.465 e. The molecule has 0 spiro atoms. The molecule has 1 amide bonds. The Morgan fingerprint density at radius 1 is 0.767 bits per heavy atom. The summed E-state index contributed by atoms with van der Waals surface area (Å²) in [6.45, 7) is 5.91. The molecule has 2 N–H and O–H groups in total. The standard InChI is InChI=1S/C22H22FN5O4S.C17H14FN5O2S.ClH/c1-22(2,3)14-27(21(29)30)13-16-10-20(28(26-16)19-7-5-4-6-18(19)23)33(31,32)17-9-8-15(11-24)25-12-17;1-20-10-13-8-17(23(22-13)16-5-3-2-4-15(16)18)26(24,25)14-7-6-12(9-19)21-11-14;/h4-10,12H,13-14H2,1-3H3,(H,29,30);2-8,11,20H,10H2,1H3;1H. The number of hydrogen-bond donors (Lipinski definition) is 2. The Morgan fingerprint density at radius 3 is 1.57 bits per heavy atom. The minimum Gasteiger partial charge on any atom is -0.465 e. The van der Waals surface area contributed by atoms with E-state index in [0.29, 0.717) is 12.2 Å². The number of amides is 1. The van der Waals surface area contributed by atoms with Crippen molar-refractivity contribution >= 4 is 38.2 Å². The fourth-order valence-corrected chi connectivity index (χ4v) is 8.23. The highest BCUT2D eigenvalue weighted by Crippen LogP contribution is 2.28. The van der Waals surface area contributed by atoms with E-state index in [9.17, 15) is 35.5 Å². The molecule has 0 aliphatic heterocycles. The van der Waals surface area contributed by atoms with Crippen molar-refractivity contribution in [3.05, 3.63) is 132 Å². The van der Waals surface area contributed by atoms with E-state index in [1.54, 1.807) is 13.1 Å². The molecule has 0 saturated carbocycles. The van der Waals surface area contributed by atoms with Crippen LogP contribution in [0.15, 0.2) is 117 Å². The third-order valence-electron chi connectivity index (χ3n) is 8.14. The lowest BCUT2D eigenvalue weighted by molar-refractivity contribution is 0.122. The Hall–Kier alpha value is -6.58. The SMILES string of the molecule is CC(C)(C)CN(Cc1cc(S(=O)(=O)c2ccc(C#N)nc2)n(-c2ccccc2F)n1)C(=O)O.CNCc1cc(S(=O)(=O)c2ccc(C#N)nc2)n(-c2ccccc2F)n1.Cl. The van der Waals surface area contributed by atoms with Crippen LogP contribution in [0.1, 0.15) is 43.5 Å². The molecule has 0 aliphatic rings. The normalized spacial score (nSPS) is 11.3. The van der Waals surface area contributed by atoms with Gasteiger partial charge in [0.05, 0.1) is 27.7 Å². The van der Waals surface area contributed by atoms with Gasteiger partial charge in [0, 0.05) is 37.6 Å². The van der Waals surface area contributed by atoms with E-state index in [0.717, 1.165) is 26.7 Å². The molecule has 0 fully saturated rings. The van der Waals surface area contributed by atoms with Crippen molar-refractivity contribution in [2.45, 2.75) is 53.7 Å². The first kappa shape index (κ1) is 46.1. The molecule has 21 heteroatoms. The van der Waals surface area contributed by atoms with Crippen LogP contribution in [0, 0.1) is 39.7 Å². The van der Waals surface area contributed by atoms with E-state index in [1.165, 1.54) is 78.9 Å². The van der Waals surface area contributed by atoms with Gasteiger partial charge in [-0.05, 0) is 61.0 Å². The average molecular weight is 879 g/mol. The third kappa shape index (κ3) is 10.5. The van der Waals surface area contributed by atoms with Crippen LogP contribution >= 0.6 is 12.4 Å². The van der Waals surface area contributed by atoms with E-state index in [1.807, 2.05) is 32.9 Å². The summed E-state index contributed by atoms with van der Waals surface area (Å²) in [5, 5.41) is 38.1. The van der Waals surface area contributed by atoms with Crippen LogP contribution in [-0.2, 0) is 32.8 Å². The summed E-state index contributed by atoms with van der Waals surface area (Å²) in [5.74, 6) is -1.30. The second kappa shape index (κ2) is 19.0. The fraction of sp³-hybridized carbons (Fsp3) is 0.205. The number of nitrogens with zero attached hydrogens (tertiary/aromatic N) is 9. The molecule has 6 rings (SSSR count). The number of sulfone groups is 2. The van der Waals surface area contributed by atoms with Gasteiger partial charge in [-0.25, -0.2) is 49.7 Å². The molecule has 0 saturated heterocycles. The number of carbonyl (C=O) groups is 1. The summed E-state index contributed by atoms with van der Waals surface area (Å²) < 4.78 is 83.6. The molecular formula is C39H37ClF2N10O6S2. The second-order valence-electron chi connectivity index (χ2n) is 13.9. The maximum absolute atomic E-state index is 14.6. The van der Waals surface area contributed by atoms with Crippen molar-refractivity contribution in [3.63, 3.8) is 0 Å². The number of aromatic nitrogens is 6. The second-order valence-corrected chi connectivity index (χ2v) is 17.7. The van der Waals surface area contributed by atoms with Crippen LogP contribution in [0.3, 0.4) is 0 Å². The number of halogens is 3. The number of rotatable bonds is 11. The number of benzene rings is 2. The molecule has 16 nitrogen and oxygen atoms in total. The maximum Gasteiger partial charge on any atom is 0.407 e. The van der Waals surface area contributed by atoms with Crippen LogP contribution in [0.25, 0.3) is 11.4 Å². The van der Waals surface area contributed by atoms with Crippen molar-refractivity contribution < 1.29 is 35.5 Å². The van der Waals surface area contributed by atoms with Crippen molar-refractivity contribution in [2.24, 2.45) is 5.41 Å². The van der Waals surface area contributed by atoms with Gasteiger partial charge in [-0.3, -0.25) is 0 Å². The highest BCUT2D eigenvalue weighted by atomic mass is 35.5. The van der Waals surface area contributed by atoms with Gasteiger partial charge in [0.1, 0.15) is 46.5 Å². The average Bonchev–Trinajstić information content (AvgIpc) is 3.83. The van der Waals surface area contributed by atoms with Gasteiger partial charge < -0.3 is 15.3 Å². The number of para-hydroxylation sites is 2. The summed E-state index contributed by atoms with van der Waals surface area (Å²) in [4.78, 5) is 20.1. The molecule has 0 bridgehead atoms. The minimum absolute atomic E-state index is 0. The lowest BCUT2D eigenvalue weighted by atomic mass is 9.96. The van der Waals surface area contributed by atoms with Gasteiger partial charge in [-0.2, -0.15) is 20.7 Å². The van der Waals surface area contributed by atoms with Gasteiger partial charge in [-0.15, -0.1) is 12.4 Å². The number of pyridine rings is 2. The lowest BCUT2D eigenvalue weighted by Crippen LogP contribution is -2.36. The predicted octanol–water partition coefficient (Wildman–Crippen LogP) is 5.89. The number of carboxylic acid groups (broad SMARTS) is 1. The van der Waals surface area contributed by atoms with Crippen molar-refractivity contribution in [3.8, 4) is 23.5 Å². The lowest BCUT2D eigenvalue weighted by Gasteiger charge is -2.27. The minimum atomic E-state index is -4.23. The van der Waals surface area contributed by atoms with Gasteiger partial charge in [0.15, 0.2) is 10.1 Å². The Labute approximate surface area is 350 Å². The van der Waals surface area contributed by atoms with E-state index in [2.05, 4.69) is 25.5 Å². The van der Waals surface area contributed by atoms with Crippen LogP contribution in [0.2, 0.25) is 0 Å². The molecule has 0 unspecified atom stereocenters. The first-order valence-corrected chi connectivity index (χ1v) is 20.4. The van der Waals surface area contributed by atoms with Gasteiger partial charge in [0.25, 0.3) is 0 Å². The zero-order chi connectivity index (χ0) is 43.1. The smallest absolute Gasteiger partial charge is 0.407 e. The first-order valence-electron chi connectivity index (χ1n) is 17.4. The highest BCUT2D eigenvalue weighted by Gasteiger charge is 2.29. The Balaban J connectivity index is 0.000000267. The van der Waals surface area contributed by atoms with E-state index in [-0.39, 0.29) is 79.2 Å². The van der Waals surface area contributed by atoms with Gasteiger partial charge in [0.2, 0.25) is 19.7 Å². The fourth-order valence-electron chi connectivity index (χ4n) is 5.55. The summed E-state index contributed by atoms with van der Waals surface area (Å²) in [5.41, 5.74) is 0.270. The van der Waals surface area contributed by atoms with Crippen molar-refractivity contribution in [1.82, 2.24) is 39.7 Å². The molecule has 60 heavy (non-hydrogen) atoms. The Kier molecular flexibility index (Phi) is 14.6. The van der Waals surface area contributed by atoms with Gasteiger partial charge in [-0.1, -0.05) is 45.0 Å². The van der Waals surface area contributed by atoms with E-state index >= 15 is 0 Å². The topological polar surface area (TPSA) is 230 Å². The molecule has 2 aromatic carbocycles. The molecule has 0 radical (unpaired) electrons. The number of hydrogen-bond acceptors (Lipinski definition) is 12. The maximum atomic E-state index is 14.6. The molecule has 0 aliphatic carbocycles. The first-order chi connectivity index (χ1) is 27.9. The third-order valence-corrected chi connectivity index (χ3v) is 11.5. The summed E-state index contributed by atoms with van der Waals surface area (Å²) in [7, 11) is -6.56. The summed E-state index contributed by atoms with van der Waals surface area (Å²) >= 11 is 0. The van der Waals surface area contributed by atoms with Crippen LogP contribution in [0.4, 0.5) is 13.6 Å². The molecule has 312 valence electrons.